The second-order valence-corrected chi connectivity index (χ2v) is 20.5. The Morgan fingerprint density at radius 2 is 1.11 bits per heavy atom. The number of furan rings is 1. The normalized spacial score (nSPS) is 12.5. The van der Waals surface area contributed by atoms with Crippen LogP contribution in [0.1, 0.15) is 26.3 Å². The van der Waals surface area contributed by atoms with Gasteiger partial charge in [0.25, 0.3) is 6.33 Å². The van der Waals surface area contributed by atoms with Crippen LogP contribution < -0.4 is 4.57 Å². The molecule has 0 aliphatic rings. The molecule has 0 saturated heterocycles. The molecule has 0 bridgehead atoms. The van der Waals surface area contributed by atoms with Gasteiger partial charge in [0, 0.05) is 38.5 Å². The van der Waals surface area contributed by atoms with E-state index in [0.717, 1.165) is 122 Å². The smallest absolute Gasteiger partial charge is 0.269 e. The second-order valence-electron chi connectivity index (χ2n) is 20.5. The average Bonchev–Trinajstić information content (AvgIpc) is 4.33. The Bertz CT molecular complexity index is 4970. The number of imidazole rings is 3. The highest BCUT2D eigenvalue weighted by atomic mass is 16.3. The fourth-order valence-electron chi connectivity index (χ4n) is 11.9. The highest BCUT2D eigenvalue weighted by Gasteiger charge is 2.27. The molecule has 16 rings (SSSR count). The summed E-state index contributed by atoms with van der Waals surface area (Å²) in [5.41, 5.74) is 17.0. The molecule has 0 atom stereocenters. The topological polar surface area (TPSA) is 66.9 Å². The van der Waals surface area contributed by atoms with Gasteiger partial charge in [-0.3, -0.25) is 22.7 Å². The molecule has 9 heteroatoms. The lowest BCUT2D eigenvalue weighted by Crippen LogP contribution is -2.31. The molecular formula is C65H44N8O. The summed E-state index contributed by atoms with van der Waals surface area (Å²) in [6.45, 7) is 6.75. The quantitative estimate of drug-likeness (QED) is 0.127. The molecule has 350 valence electrons. The first kappa shape index (κ1) is 40.9. The van der Waals surface area contributed by atoms with Crippen molar-refractivity contribution in [2.45, 2.75) is 26.2 Å². The highest BCUT2D eigenvalue weighted by Crippen LogP contribution is 2.42. The first-order chi connectivity index (χ1) is 36.4. The predicted molar refractivity (Wildman–Crippen MR) is 299 cm³/mol. The van der Waals surface area contributed by atoms with Gasteiger partial charge in [-0.2, -0.15) is 0 Å². The van der Waals surface area contributed by atoms with Crippen molar-refractivity contribution in [3.63, 3.8) is 0 Å². The molecule has 0 N–H and O–H groups in total. The van der Waals surface area contributed by atoms with Gasteiger partial charge in [-0.25, -0.2) is 9.97 Å². The zero-order chi connectivity index (χ0) is 49.0. The maximum atomic E-state index is 7.03. The summed E-state index contributed by atoms with van der Waals surface area (Å²) in [5, 5.41) is 6.74. The molecule has 0 radical (unpaired) electrons. The summed E-state index contributed by atoms with van der Waals surface area (Å²) in [7, 11) is 0. The van der Waals surface area contributed by atoms with Crippen LogP contribution in [0, 0.1) is 6.33 Å². The van der Waals surface area contributed by atoms with E-state index in [2.05, 4.69) is 255 Å². The van der Waals surface area contributed by atoms with Crippen molar-refractivity contribution >= 4 is 104 Å². The van der Waals surface area contributed by atoms with Crippen LogP contribution in [0.2, 0.25) is 0 Å². The summed E-state index contributed by atoms with van der Waals surface area (Å²) >= 11 is 0. The van der Waals surface area contributed by atoms with Crippen molar-refractivity contribution in [1.82, 2.24) is 32.6 Å². The summed E-state index contributed by atoms with van der Waals surface area (Å²) in [6, 6.07) is 73.6. The first-order valence-corrected chi connectivity index (χ1v) is 25.2. The molecule has 9 aromatic carbocycles. The number of hydrogen-bond acceptors (Lipinski definition) is 3. The van der Waals surface area contributed by atoms with Crippen molar-refractivity contribution in [2.75, 3.05) is 0 Å². The number of nitrogens with zero attached hydrogens (tertiary/aromatic N) is 8. The lowest BCUT2D eigenvalue weighted by atomic mass is 9.88. The molecule has 0 aliphatic carbocycles. The SMILES string of the molecule is CC(C)(C)c1ccnc(-n2c3ccccc3c3cc4c(cc32)n(-c2cc(-n3[c-][n+](-c5ccccc5-n5c6ccccc6c6ccccc65)c5ccccc53)cc3c2oc2ccccc23)c2nc3ccccc3n42)c1. The number of aromatic nitrogens is 8. The van der Waals surface area contributed by atoms with E-state index in [1.807, 2.05) is 12.3 Å². The van der Waals surface area contributed by atoms with Crippen molar-refractivity contribution in [3.05, 3.63) is 224 Å². The van der Waals surface area contributed by atoms with Crippen molar-refractivity contribution in [3.8, 4) is 28.6 Å². The fourth-order valence-corrected chi connectivity index (χ4v) is 11.9. The standard InChI is InChI=1S/C65H44N8O/c1-65(2,3)40-32-33-66-62(34-40)71-51-25-11-6-20-44(51)46-37-58-59(38-57(46)71)73(64-67-48-22-8-12-26-52(48)72(58)64)60-36-41(35-47-45-21-7-17-31-61(45)74-63(47)60)68-39-69(54-28-14-13-27-53(54)68)55-29-15-16-30-56(55)70-49-23-9-4-18-42(49)43-19-5-10-24-50(43)70/h4-38H,1-3H3. The molecular weight excluding hydrogens is 909 g/mol. The Balaban J connectivity index is 1.00. The van der Waals surface area contributed by atoms with Crippen molar-refractivity contribution < 1.29 is 8.98 Å². The van der Waals surface area contributed by atoms with E-state index in [0.29, 0.717) is 0 Å². The molecule has 7 heterocycles. The molecule has 0 amide bonds. The van der Waals surface area contributed by atoms with Gasteiger partial charge < -0.3 is 8.98 Å². The molecule has 0 fully saturated rings. The maximum absolute atomic E-state index is 7.03. The van der Waals surface area contributed by atoms with Crippen LogP contribution in [0.5, 0.6) is 0 Å². The molecule has 0 saturated carbocycles. The average molecular weight is 953 g/mol. The number of fused-ring (bicyclic) bond motifs is 15. The lowest BCUT2D eigenvalue weighted by Gasteiger charge is -2.20. The van der Waals surface area contributed by atoms with Crippen molar-refractivity contribution in [2.24, 2.45) is 0 Å². The molecule has 7 aromatic heterocycles. The van der Waals surface area contributed by atoms with Gasteiger partial charge in [0.1, 0.15) is 11.4 Å². The monoisotopic (exact) mass is 952 g/mol. The van der Waals surface area contributed by atoms with Crippen molar-refractivity contribution in [1.29, 1.82) is 0 Å². The van der Waals surface area contributed by atoms with Crippen LogP contribution in [0.3, 0.4) is 0 Å². The highest BCUT2D eigenvalue weighted by molar-refractivity contribution is 6.15. The lowest BCUT2D eigenvalue weighted by molar-refractivity contribution is -0.572. The van der Waals surface area contributed by atoms with E-state index >= 15 is 0 Å². The minimum Gasteiger partial charge on any atom is -0.454 e. The third-order valence-corrected chi connectivity index (χ3v) is 15.3. The van der Waals surface area contributed by atoms with Gasteiger partial charge >= 0.3 is 0 Å². The van der Waals surface area contributed by atoms with E-state index in [9.17, 15) is 0 Å². The van der Waals surface area contributed by atoms with E-state index in [1.165, 1.54) is 16.3 Å². The number of benzene rings is 9. The second kappa shape index (κ2) is 14.9. The van der Waals surface area contributed by atoms with Crippen LogP contribution in [0.15, 0.2) is 217 Å². The maximum Gasteiger partial charge on any atom is 0.269 e. The van der Waals surface area contributed by atoms with Gasteiger partial charge in [-0.05, 0) is 95.9 Å². The Morgan fingerprint density at radius 3 is 1.88 bits per heavy atom. The Labute approximate surface area is 423 Å². The summed E-state index contributed by atoms with van der Waals surface area (Å²) in [6.07, 6.45) is 5.86. The van der Waals surface area contributed by atoms with E-state index < -0.39 is 0 Å². The fraction of sp³-hybridized carbons (Fsp3) is 0.0615. The zero-order valence-corrected chi connectivity index (χ0v) is 40.7. The third kappa shape index (κ3) is 5.66. The predicted octanol–water partition coefficient (Wildman–Crippen LogP) is 15.2. The van der Waals surface area contributed by atoms with E-state index in [1.54, 1.807) is 0 Å². The summed E-state index contributed by atoms with van der Waals surface area (Å²) in [4.78, 5) is 10.5. The van der Waals surface area contributed by atoms with E-state index in [-0.39, 0.29) is 5.41 Å². The van der Waals surface area contributed by atoms with Gasteiger partial charge in [0.05, 0.1) is 77.9 Å². The number of pyridine rings is 1. The minimum atomic E-state index is -0.0643. The third-order valence-electron chi connectivity index (χ3n) is 15.3. The Hall–Kier alpha value is -9.73. The van der Waals surface area contributed by atoms with Crippen LogP contribution in [-0.2, 0) is 5.41 Å². The summed E-state index contributed by atoms with van der Waals surface area (Å²) in [5.74, 6) is 1.66. The molecule has 0 spiro atoms. The molecule has 9 nitrogen and oxygen atoms in total. The molecule has 16 aromatic rings. The van der Waals surface area contributed by atoms with Gasteiger partial charge in [0.15, 0.2) is 5.58 Å². The van der Waals surface area contributed by atoms with E-state index in [4.69, 9.17) is 14.4 Å². The Kier molecular flexibility index (Phi) is 8.25. The number of para-hydroxylation sites is 10. The zero-order valence-electron chi connectivity index (χ0n) is 40.7. The first-order valence-electron chi connectivity index (χ1n) is 25.2. The van der Waals surface area contributed by atoms with Gasteiger partial charge in [0.2, 0.25) is 5.78 Å². The minimum absolute atomic E-state index is 0.0643. The molecule has 0 aliphatic heterocycles. The molecule has 0 unspecified atom stereocenters. The number of rotatable bonds is 5. The largest absolute Gasteiger partial charge is 0.454 e. The van der Waals surface area contributed by atoms with Crippen LogP contribution in [0.4, 0.5) is 0 Å². The Morgan fingerprint density at radius 1 is 0.473 bits per heavy atom. The van der Waals surface area contributed by atoms with Crippen LogP contribution in [0.25, 0.3) is 133 Å². The molecule has 74 heavy (non-hydrogen) atoms. The van der Waals surface area contributed by atoms with Gasteiger partial charge in [-0.1, -0.05) is 142 Å². The van der Waals surface area contributed by atoms with Gasteiger partial charge in [-0.15, -0.1) is 0 Å². The number of hydrogen-bond donors (Lipinski definition) is 0. The van der Waals surface area contributed by atoms with Crippen LogP contribution >= 0.6 is 0 Å². The van der Waals surface area contributed by atoms with Crippen LogP contribution in [-0.4, -0.2) is 32.6 Å². The summed E-state index contributed by atoms with van der Waals surface area (Å²) < 4.78 is 20.8.